The van der Waals surface area contributed by atoms with E-state index in [4.69, 9.17) is 0 Å². The molecule has 2 fully saturated rings. The second-order valence-corrected chi connectivity index (χ2v) is 10.7. The molecule has 1 aliphatic carbocycles. The highest BCUT2D eigenvalue weighted by Crippen LogP contribution is 2.37. The molecule has 12 nitrogen and oxygen atoms in total. The molecule has 192 valence electrons. The Labute approximate surface area is 218 Å². The number of aromatic nitrogens is 8. The van der Waals surface area contributed by atoms with Crippen molar-refractivity contribution in [3.63, 3.8) is 0 Å². The van der Waals surface area contributed by atoms with Gasteiger partial charge in [0.15, 0.2) is 5.01 Å². The molecule has 0 aromatic carbocycles. The number of likely N-dealkylation sites (N-methyl/N-ethyl adjacent to an activating group) is 1. The van der Waals surface area contributed by atoms with E-state index in [1.54, 1.807) is 10.1 Å². The SMILES string of the molecule is CC(C)n1nnnc1-c1nc(NC(=O)c2cc(-c3cnn(C4CC4)c3)c(N3CCN(C)CC3)cn2)cs1. The number of amides is 1. The average molecular weight is 520 g/mol. The number of tetrazole rings is 1. The molecule has 0 bridgehead atoms. The van der Waals surface area contributed by atoms with Gasteiger partial charge in [0, 0.05) is 48.9 Å². The second-order valence-electron chi connectivity index (χ2n) is 9.85. The summed E-state index contributed by atoms with van der Waals surface area (Å²) in [6, 6.07) is 2.45. The molecular weight excluding hydrogens is 490 g/mol. The molecule has 6 rings (SSSR count). The Kier molecular flexibility index (Phi) is 6.16. The minimum absolute atomic E-state index is 0.0950. The van der Waals surface area contributed by atoms with Crippen molar-refractivity contribution >= 4 is 28.7 Å². The van der Waals surface area contributed by atoms with Crippen LogP contribution in [0.1, 0.15) is 49.3 Å². The van der Waals surface area contributed by atoms with Crippen LogP contribution < -0.4 is 10.2 Å². The molecule has 37 heavy (non-hydrogen) atoms. The highest BCUT2D eigenvalue weighted by molar-refractivity contribution is 7.13. The first-order valence-electron chi connectivity index (χ1n) is 12.5. The van der Waals surface area contributed by atoms with Gasteiger partial charge in [0.25, 0.3) is 5.91 Å². The van der Waals surface area contributed by atoms with Gasteiger partial charge in [0.05, 0.1) is 30.2 Å². The quantitative estimate of drug-likeness (QED) is 0.392. The molecule has 1 N–H and O–H groups in total. The Balaban J connectivity index is 1.27. The van der Waals surface area contributed by atoms with Crippen LogP contribution >= 0.6 is 11.3 Å². The number of pyridine rings is 1. The van der Waals surface area contributed by atoms with Crippen LogP contribution in [-0.2, 0) is 0 Å². The zero-order chi connectivity index (χ0) is 25.5. The van der Waals surface area contributed by atoms with E-state index in [1.807, 2.05) is 37.0 Å². The Morgan fingerprint density at radius 3 is 2.73 bits per heavy atom. The summed E-state index contributed by atoms with van der Waals surface area (Å²) >= 11 is 1.38. The largest absolute Gasteiger partial charge is 0.367 e. The first-order valence-corrected chi connectivity index (χ1v) is 13.4. The standard InChI is InChI=1S/C24H29N11OS/c1-15(2)35-22(29-30-31-35)24-28-21(14-37-24)27-23(36)19-10-18(16-11-26-34(13-16)17-4-5-17)20(12-25-19)33-8-6-32(3)7-9-33/h10-15,17H,4-9H2,1-3H3,(H,27,36). The molecule has 13 heteroatoms. The molecule has 1 saturated carbocycles. The molecule has 1 saturated heterocycles. The van der Waals surface area contributed by atoms with E-state index in [1.165, 1.54) is 11.3 Å². The topological polar surface area (TPSA) is 123 Å². The van der Waals surface area contributed by atoms with E-state index < -0.39 is 0 Å². The predicted octanol–water partition coefficient (Wildman–Crippen LogP) is 2.98. The first-order chi connectivity index (χ1) is 18.0. The number of carbonyl (C=O) groups excluding carboxylic acids is 1. The number of nitrogens with zero attached hydrogens (tertiary/aromatic N) is 10. The predicted molar refractivity (Wildman–Crippen MR) is 141 cm³/mol. The highest BCUT2D eigenvalue weighted by Gasteiger charge is 2.26. The van der Waals surface area contributed by atoms with Gasteiger partial charge in [-0.1, -0.05) is 0 Å². The lowest BCUT2D eigenvalue weighted by molar-refractivity contribution is 0.102. The van der Waals surface area contributed by atoms with Crippen molar-refractivity contribution in [1.82, 2.24) is 44.9 Å². The lowest BCUT2D eigenvalue weighted by Gasteiger charge is -2.35. The maximum Gasteiger partial charge on any atom is 0.275 e. The van der Waals surface area contributed by atoms with Crippen molar-refractivity contribution < 1.29 is 4.79 Å². The number of carbonyl (C=O) groups is 1. The van der Waals surface area contributed by atoms with Gasteiger partial charge >= 0.3 is 0 Å². The number of hydrogen-bond donors (Lipinski definition) is 1. The van der Waals surface area contributed by atoms with Crippen LogP contribution in [0.5, 0.6) is 0 Å². The van der Waals surface area contributed by atoms with Gasteiger partial charge in [-0.05, 0) is 50.2 Å². The fourth-order valence-electron chi connectivity index (χ4n) is 4.42. The number of hydrogen-bond acceptors (Lipinski definition) is 10. The lowest BCUT2D eigenvalue weighted by atomic mass is 10.1. The van der Waals surface area contributed by atoms with Gasteiger partial charge in [0.2, 0.25) is 5.82 Å². The van der Waals surface area contributed by atoms with Crippen molar-refractivity contribution in [1.29, 1.82) is 0 Å². The van der Waals surface area contributed by atoms with Crippen LogP contribution in [0, 0.1) is 0 Å². The maximum atomic E-state index is 13.2. The Bertz CT molecular complexity index is 1410. The number of piperazine rings is 1. The van der Waals surface area contributed by atoms with Crippen LogP contribution in [0.4, 0.5) is 11.5 Å². The maximum absolute atomic E-state index is 13.2. The van der Waals surface area contributed by atoms with Gasteiger partial charge in [-0.2, -0.15) is 5.10 Å². The summed E-state index contributed by atoms with van der Waals surface area (Å²) in [6.45, 7) is 7.78. The van der Waals surface area contributed by atoms with Gasteiger partial charge < -0.3 is 15.1 Å². The van der Waals surface area contributed by atoms with Crippen molar-refractivity contribution in [3.8, 4) is 22.0 Å². The van der Waals surface area contributed by atoms with E-state index in [9.17, 15) is 4.79 Å². The third-order valence-electron chi connectivity index (χ3n) is 6.71. The zero-order valence-corrected chi connectivity index (χ0v) is 21.9. The number of anilines is 2. The van der Waals surface area contributed by atoms with Crippen LogP contribution in [0.2, 0.25) is 0 Å². The molecule has 1 aliphatic heterocycles. The second kappa shape index (κ2) is 9.63. The van der Waals surface area contributed by atoms with E-state index in [0.29, 0.717) is 28.4 Å². The van der Waals surface area contributed by atoms with Gasteiger partial charge in [0.1, 0.15) is 11.5 Å². The summed E-state index contributed by atoms with van der Waals surface area (Å²) in [5.74, 6) is 0.697. The third-order valence-corrected chi connectivity index (χ3v) is 7.55. The van der Waals surface area contributed by atoms with Crippen LogP contribution in [0.3, 0.4) is 0 Å². The smallest absolute Gasteiger partial charge is 0.275 e. The monoisotopic (exact) mass is 519 g/mol. The molecule has 5 heterocycles. The molecule has 1 amide bonds. The van der Waals surface area contributed by atoms with E-state index in [0.717, 1.165) is 55.8 Å². The molecule has 0 spiro atoms. The Hall–Kier alpha value is -3.71. The van der Waals surface area contributed by atoms with Gasteiger partial charge in [-0.3, -0.25) is 9.48 Å². The Morgan fingerprint density at radius 1 is 1.16 bits per heavy atom. The number of rotatable bonds is 7. The normalized spacial score (nSPS) is 16.5. The zero-order valence-electron chi connectivity index (χ0n) is 21.1. The summed E-state index contributed by atoms with van der Waals surface area (Å²) in [4.78, 5) is 27.0. The minimum Gasteiger partial charge on any atom is -0.367 e. The summed E-state index contributed by atoms with van der Waals surface area (Å²) in [6.07, 6.45) is 8.11. The lowest BCUT2D eigenvalue weighted by Crippen LogP contribution is -2.44. The summed E-state index contributed by atoms with van der Waals surface area (Å²) in [5, 5.41) is 21.8. The molecule has 4 aromatic heterocycles. The Morgan fingerprint density at radius 2 is 1.97 bits per heavy atom. The van der Waals surface area contributed by atoms with Crippen molar-refractivity contribution in [2.75, 3.05) is 43.4 Å². The molecule has 0 unspecified atom stereocenters. The minimum atomic E-state index is -0.318. The molecule has 0 radical (unpaired) electrons. The summed E-state index contributed by atoms with van der Waals surface area (Å²) in [5.41, 5.74) is 3.31. The van der Waals surface area contributed by atoms with Crippen LogP contribution in [-0.4, -0.2) is 84.0 Å². The molecular formula is C24H29N11OS. The fourth-order valence-corrected chi connectivity index (χ4v) is 5.14. The number of nitrogens with one attached hydrogen (secondary N) is 1. The average Bonchev–Trinajstić information content (AvgIpc) is 3.27. The van der Waals surface area contributed by atoms with Gasteiger partial charge in [-0.15, -0.1) is 16.4 Å². The van der Waals surface area contributed by atoms with E-state index in [-0.39, 0.29) is 11.9 Å². The summed E-state index contributed by atoms with van der Waals surface area (Å²) in [7, 11) is 2.14. The van der Waals surface area contributed by atoms with E-state index >= 15 is 0 Å². The summed E-state index contributed by atoms with van der Waals surface area (Å²) < 4.78 is 3.74. The third kappa shape index (κ3) is 4.83. The highest BCUT2D eigenvalue weighted by atomic mass is 32.1. The first kappa shape index (κ1) is 23.7. The fraction of sp³-hybridized carbons (Fsp3) is 0.458. The van der Waals surface area contributed by atoms with Crippen LogP contribution in [0.25, 0.3) is 22.0 Å². The van der Waals surface area contributed by atoms with E-state index in [2.05, 4.69) is 59.0 Å². The van der Waals surface area contributed by atoms with Crippen molar-refractivity contribution in [2.24, 2.45) is 0 Å². The van der Waals surface area contributed by atoms with Crippen molar-refractivity contribution in [3.05, 3.63) is 35.7 Å². The van der Waals surface area contributed by atoms with Gasteiger partial charge in [-0.25, -0.2) is 14.6 Å². The molecule has 2 aliphatic rings. The van der Waals surface area contributed by atoms with Crippen LogP contribution in [0.15, 0.2) is 30.0 Å². The van der Waals surface area contributed by atoms with Crippen molar-refractivity contribution in [2.45, 2.75) is 38.8 Å². The number of thiazole rings is 1. The molecule has 4 aromatic rings. The molecule has 0 atom stereocenters.